The number of para-hydroxylation sites is 1. The standard InChI is InChI=1S/C28H30N6O4/c1-29-24-18-31-26(17-23(24)32-21-7-5-4-6-20(21)27(35)30-2)33-22-9-8-19(16-25(22)36-3)34-12-10-28(11-13-34)37-14-15-38-28/h4-9,16-18H,10-15H2,2-3H3,(H,30,35)(H2,31,32,33). The molecule has 0 atom stereocenters. The monoisotopic (exact) mass is 514 g/mol. The van der Waals surface area contributed by atoms with E-state index in [4.69, 9.17) is 20.8 Å². The molecule has 2 aliphatic rings. The predicted octanol–water partition coefficient (Wildman–Crippen LogP) is 4.83. The smallest absolute Gasteiger partial charge is 0.253 e. The van der Waals surface area contributed by atoms with Gasteiger partial charge in [0.2, 0.25) is 5.69 Å². The third-order valence-electron chi connectivity index (χ3n) is 6.82. The maximum Gasteiger partial charge on any atom is 0.253 e. The fourth-order valence-electron chi connectivity index (χ4n) is 4.78. The quantitative estimate of drug-likeness (QED) is 0.386. The Labute approximate surface area is 221 Å². The molecule has 0 unspecified atom stereocenters. The molecule has 38 heavy (non-hydrogen) atoms. The first-order valence-electron chi connectivity index (χ1n) is 12.5. The Morgan fingerprint density at radius 2 is 1.82 bits per heavy atom. The Bertz CT molecular complexity index is 1360. The Hall–Kier alpha value is -4.33. The zero-order chi connectivity index (χ0) is 26.5. The number of nitrogens with one attached hydrogen (secondary N) is 3. The molecule has 196 valence electrons. The number of methoxy groups -OCH3 is 1. The van der Waals surface area contributed by atoms with Gasteiger partial charge in [-0.25, -0.2) is 4.85 Å². The molecule has 0 saturated carbocycles. The number of aromatic nitrogens is 1. The van der Waals surface area contributed by atoms with Gasteiger partial charge in [0.25, 0.3) is 5.91 Å². The Balaban J connectivity index is 1.35. The minimum atomic E-state index is -0.419. The van der Waals surface area contributed by atoms with Crippen LogP contribution in [0.1, 0.15) is 23.2 Å². The van der Waals surface area contributed by atoms with Crippen LogP contribution in [0.25, 0.3) is 4.85 Å². The van der Waals surface area contributed by atoms with E-state index < -0.39 is 5.79 Å². The van der Waals surface area contributed by atoms with Gasteiger partial charge in [0, 0.05) is 56.6 Å². The number of hydrogen-bond donors (Lipinski definition) is 3. The van der Waals surface area contributed by atoms with E-state index in [1.165, 1.54) is 6.20 Å². The molecule has 3 N–H and O–H groups in total. The SMILES string of the molecule is [C-]#[N+]c1cnc(Nc2ccc(N3CCC4(CC3)OCCO4)cc2OC)cc1Nc1ccccc1C(=O)NC. The Morgan fingerprint density at radius 1 is 1.05 bits per heavy atom. The zero-order valence-electron chi connectivity index (χ0n) is 21.4. The van der Waals surface area contributed by atoms with Crippen LogP contribution in [-0.2, 0) is 9.47 Å². The number of carbonyl (C=O) groups excluding carboxylic acids is 1. The molecule has 10 nitrogen and oxygen atoms in total. The lowest BCUT2D eigenvalue weighted by atomic mass is 10.0. The lowest BCUT2D eigenvalue weighted by Gasteiger charge is -2.38. The van der Waals surface area contributed by atoms with E-state index in [0.29, 0.717) is 47.4 Å². The molecule has 3 heterocycles. The molecule has 2 fully saturated rings. The third-order valence-corrected chi connectivity index (χ3v) is 6.82. The van der Waals surface area contributed by atoms with Gasteiger partial charge in [-0.1, -0.05) is 12.1 Å². The molecule has 2 aliphatic heterocycles. The zero-order valence-corrected chi connectivity index (χ0v) is 21.4. The van der Waals surface area contributed by atoms with Crippen LogP contribution in [0.2, 0.25) is 0 Å². The van der Waals surface area contributed by atoms with Gasteiger partial charge in [0.05, 0.1) is 43.8 Å². The maximum absolute atomic E-state index is 12.3. The van der Waals surface area contributed by atoms with Crippen molar-refractivity contribution < 1.29 is 19.0 Å². The van der Waals surface area contributed by atoms with Crippen molar-refractivity contribution in [3.63, 3.8) is 0 Å². The van der Waals surface area contributed by atoms with Gasteiger partial charge in [-0.15, -0.1) is 0 Å². The topological polar surface area (TPSA) is 101 Å². The number of carbonyl (C=O) groups is 1. The summed E-state index contributed by atoms with van der Waals surface area (Å²) in [6, 6.07) is 14.9. The van der Waals surface area contributed by atoms with E-state index in [9.17, 15) is 4.79 Å². The molecule has 3 aromatic rings. The predicted molar refractivity (Wildman–Crippen MR) is 146 cm³/mol. The number of amides is 1. The second-order valence-electron chi connectivity index (χ2n) is 9.05. The summed E-state index contributed by atoms with van der Waals surface area (Å²) in [7, 11) is 3.21. The van der Waals surface area contributed by atoms with Crippen LogP contribution in [0, 0.1) is 6.57 Å². The second-order valence-corrected chi connectivity index (χ2v) is 9.05. The van der Waals surface area contributed by atoms with Crippen molar-refractivity contribution in [2.75, 3.05) is 56.0 Å². The van der Waals surface area contributed by atoms with Crippen molar-refractivity contribution in [1.29, 1.82) is 0 Å². The number of ether oxygens (including phenoxy) is 3. The van der Waals surface area contributed by atoms with Gasteiger partial charge in [-0.05, 0) is 30.3 Å². The molecular formula is C28H30N6O4. The summed E-state index contributed by atoms with van der Waals surface area (Å²) in [6.07, 6.45) is 3.15. The van der Waals surface area contributed by atoms with Crippen LogP contribution in [0.5, 0.6) is 5.75 Å². The fourth-order valence-corrected chi connectivity index (χ4v) is 4.78. The molecule has 0 aliphatic carbocycles. The normalized spacial score (nSPS) is 16.1. The van der Waals surface area contributed by atoms with Gasteiger partial charge in [0.15, 0.2) is 5.79 Å². The molecule has 10 heteroatoms. The number of hydrogen-bond acceptors (Lipinski definition) is 8. The lowest BCUT2D eigenvalue weighted by Crippen LogP contribution is -2.45. The Morgan fingerprint density at radius 3 is 2.53 bits per heavy atom. The molecule has 1 spiro atoms. The van der Waals surface area contributed by atoms with E-state index >= 15 is 0 Å². The van der Waals surface area contributed by atoms with Crippen LogP contribution < -0.4 is 25.6 Å². The summed E-state index contributed by atoms with van der Waals surface area (Å²) >= 11 is 0. The van der Waals surface area contributed by atoms with Crippen molar-refractivity contribution >= 4 is 40.2 Å². The molecule has 0 bridgehead atoms. The highest BCUT2D eigenvalue weighted by atomic mass is 16.7. The molecule has 0 radical (unpaired) electrons. The minimum absolute atomic E-state index is 0.220. The van der Waals surface area contributed by atoms with Gasteiger partial charge in [-0.3, -0.25) is 9.78 Å². The van der Waals surface area contributed by atoms with Crippen molar-refractivity contribution in [2.45, 2.75) is 18.6 Å². The Kier molecular flexibility index (Phi) is 7.31. The molecular weight excluding hydrogens is 484 g/mol. The van der Waals surface area contributed by atoms with Crippen molar-refractivity contribution in [1.82, 2.24) is 10.3 Å². The molecule has 1 aromatic heterocycles. The van der Waals surface area contributed by atoms with Crippen LogP contribution in [0.4, 0.5) is 34.3 Å². The summed E-state index contributed by atoms with van der Waals surface area (Å²) in [5.74, 6) is 0.560. The summed E-state index contributed by atoms with van der Waals surface area (Å²) < 4.78 is 17.4. The number of rotatable bonds is 7. The molecule has 1 amide bonds. The second kappa shape index (κ2) is 11.0. The van der Waals surface area contributed by atoms with Gasteiger partial charge in [0.1, 0.15) is 11.6 Å². The number of nitrogens with zero attached hydrogens (tertiary/aromatic N) is 3. The summed E-state index contributed by atoms with van der Waals surface area (Å²) in [5, 5.41) is 9.16. The van der Waals surface area contributed by atoms with E-state index in [1.54, 1.807) is 38.4 Å². The van der Waals surface area contributed by atoms with Crippen LogP contribution in [0.15, 0.2) is 54.7 Å². The van der Waals surface area contributed by atoms with Crippen LogP contribution in [-0.4, -0.2) is 57.1 Å². The van der Waals surface area contributed by atoms with Gasteiger partial charge >= 0.3 is 0 Å². The summed E-state index contributed by atoms with van der Waals surface area (Å²) in [5.41, 5.74) is 3.74. The first kappa shape index (κ1) is 25.3. The van der Waals surface area contributed by atoms with Gasteiger partial charge in [-0.2, -0.15) is 0 Å². The lowest BCUT2D eigenvalue weighted by molar-refractivity contribution is -0.169. The fraction of sp³-hybridized carbons (Fsp3) is 0.321. The highest BCUT2D eigenvalue weighted by Gasteiger charge is 2.39. The van der Waals surface area contributed by atoms with E-state index in [1.807, 2.05) is 24.3 Å². The van der Waals surface area contributed by atoms with Crippen molar-refractivity contribution in [3.05, 3.63) is 71.7 Å². The van der Waals surface area contributed by atoms with E-state index in [0.717, 1.165) is 37.3 Å². The minimum Gasteiger partial charge on any atom is -0.494 e. The van der Waals surface area contributed by atoms with Crippen LogP contribution in [0.3, 0.4) is 0 Å². The van der Waals surface area contributed by atoms with E-state index in [-0.39, 0.29) is 5.91 Å². The number of pyridine rings is 1. The summed E-state index contributed by atoms with van der Waals surface area (Å²) in [6.45, 7) is 10.6. The third kappa shape index (κ3) is 5.20. The number of piperidine rings is 1. The number of benzene rings is 2. The number of anilines is 5. The first-order chi connectivity index (χ1) is 18.5. The highest BCUT2D eigenvalue weighted by molar-refractivity contribution is 6.00. The largest absolute Gasteiger partial charge is 0.494 e. The average Bonchev–Trinajstić information content (AvgIpc) is 3.41. The first-order valence-corrected chi connectivity index (χ1v) is 12.5. The molecule has 2 saturated heterocycles. The molecule has 2 aromatic carbocycles. The highest BCUT2D eigenvalue weighted by Crippen LogP contribution is 2.37. The van der Waals surface area contributed by atoms with E-state index in [2.05, 4.69) is 30.7 Å². The maximum atomic E-state index is 12.3. The van der Waals surface area contributed by atoms with Gasteiger partial charge < -0.3 is 35.1 Å². The summed E-state index contributed by atoms with van der Waals surface area (Å²) in [4.78, 5) is 22.6. The molecule has 5 rings (SSSR count). The van der Waals surface area contributed by atoms with Crippen molar-refractivity contribution in [2.24, 2.45) is 0 Å². The van der Waals surface area contributed by atoms with Crippen molar-refractivity contribution in [3.8, 4) is 5.75 Å². The van der Waals surface area contributed by atoms with Crippen LogP contribution >= 0.6 is 0 Å². The average molecular weight is 515 g/mol.